The second kappa shape index (κ2) is 4.49. The zero-order valence-corrected chi connectivity index (χ0v) is 10.6. The van der Waals surface area contributed by atoms with Crippen molar-refractivity contribution in [2.45, 2.75) is 32.7 Å². The van der Waals surface area contributed by atoms with Gasteiger partial charge in [-0.2, -0.15) is 0 Å². The summed E-state index contributed by atoms with van der Waals surface area (Å²) in [5.41, 5.74) is 1.93. The van der Waals surface area contributed by atoms with Crippen LogP contribution < -0.4 is 0 Å². The average molecular weight is 252 g/mol. The van der Waals surface area contributed by atoms with Gasteiger partial charge in [-0.3, -0.25) is 14.5 Å². The van der Waals surface area contributed by atoms with Gasteiger partial charge in [-0.25, -0.2) is 0 Å². The van der Waals surface area contributed by atoms with Gasteiger partial charge in [0, 0.05) is 18.4 Å². The Morgan fingerprint density at radius 1 is 1.47 bits per heavy atom. The molecule has 0 N–H and O–H groups in total. The summed E-state index contributed by atoms with van der Waals surface area (Å²) in [6, 6.07) is 5.50. The Hall–Kier alpha value is -1.35. The van der Waals surface area contributed by atoms with Gasteiger partial charge in [0.15, 0.2) is 0 Å². The number of nitrogens with zero attached hydrogens (tertiary/aromatic N) is 1. The summed E-state index contributed by atoms with van der Waals surface area (Å²) >= 11 is 6.18. The smallest absolute Gasteiger partial charge is 0.229 e. The molecule has 1 aromatic rings. The molecule has 1 saturated heterocycles. The first-order valence-electron chi connectivity index (χ1n) is 5.59. The molecule has 4 heteroatoms. The van der Waals surface area contributed by atoms with E-state index in [2.05, 4.69) is 0 Å². The number of carbonyl (C=O) groups is 2. The predicted octanol–water partition coefficient (Wildman–Crippen LogP) is 2.86. The highest BCUT2D eigenvalue weighted by atomic mass is 35.5. The predicted molar refractivity (Wildman–Crippen MR) is 65.7 cm³/mol. The fourth-order valence-electron chi connectivity index (χ4n) is 2.28. The fourth-order valence-corrected chi connectivity index (χ4v) is 2.64. The van der Waals surface area contributed by atoms with E-state index < -0.39 is 0 Å². The standard InChI is InChI=1S/C13H14ClNO2/c1-8-3-4-10(11(14)7-8)12-5-6-13(17)15(12)9(2)16/h3-4,7,12H,5-6H2,1-2H3. The Bertz CT molecular complexity index is 484. The third kappa shape index (κ3) is 2.20. The monoisotopic (exact) mass is 251 g/mol. The molecule has 1 fully saturated rings. The summed E-state index contributed by atoms with van der Waals surface area (Å²) in [5.74, 6) is -0.326. The van der Waals surface area contributed by atoms with Crippen LogP contribution in [0.3, 0.4) is 0 Å². The summed E-state index contributed by atoms with van der Waals surface area (Å²) in [6.07, 6.45) is 1.07. The van der Waals surface area contributed by atoms with Gasteiger partial charge < -0.3 is 0 Å². The first-order valence-corrected chi connectivity index (χ1v) is 5.97. The maximum absolute atomic E-state index is 11.6. The molecule has 90 valence electrons. The Balaban J connectivity index is 2.39. The van der Waals surface area contributed by atoms with Crippen LogP contribution >= 0.6 is 11.6 Å². The lowest BCUT2D eigenvalue weighted by molar-refractivity contribution is -0.142. The molecular formula is C13H14ClNO2. The van der Waals surface area contributed by atoms with Crippen molar-refractivity contribution in [1.29, 1.82) is 0 Å². The first kappa shape index (κ1) is 12.1. The molecule has 0 bridgehead atoms. The van der Waals surface area contributed by atoms with E-state index in [-0.39, 0.29) is 17.9 Å². The van der Waals surface area contributed by atoms with E-state index >= 15 is 0 Å². The van der Waals surface area contributed by atoms with Crippen LogP contribution in [0.4, 0.5) is 0 Å². The Kier molecular flexibility index (Phi) is 3.20. The highest BCUT2D eigenvalue weighted by Crippen LogP contribution is 2.36. The Morgan fingerprint density at radius 3 is 2.76 bits per heavy atom. The van der Waals surface area contributed by atoms with Crippen LogP contribution in [0.2, 0.25) is 5.02 Å². The summed E-state index contributed by atoms with van der Waals surface area (Å²) in [6.45, 7) is 3.37. The van der Waals surface area contributed by atoms with Crippen LogP contribution in [0.1, 0.15) is 36.9 Å². The van der Waals surface area contributed by atoms with Gasteiger partial charge in [0.2, 0.25) is 11.8 Å². The normalized spacial score (nSPS) is 19.8. The van der Waals surface area contributed by atoms with Crippen molar-refractivity contribution < 1.29 is 9.59 Å². The van der Waals surface area contributed by atoms with Gasteiger partial charge in [-0.05, 0) is 30.5 Å². The second-order valence-electron chi connectivity index (χ2n) is 4.36. The van der Waals surface area contributed by atoms with E-state index in [1.807, 2.05) is 25.1 Å². The van der Waals surface area contributed by atoms with Crippen molar-refractivity contribution in [2.24, 2.45) is 0 Å². The lowest BCUT2D eigenvalue weighted by atomic mass is 10.0. The van der Waals surface area contributed by atoms with Crippen molar-refractivity contribution in [3.63, 3.8) is 0 Å². The lowest BCUT2D eigenvalue weighted by Gasteiger charge is -2.22. The quantitative estimate of drug-likeness (QED) is 0.770. The van der Waals surface area contributed by atoms with Crippen molar-refractivity contribution >= 4 is 23.4 Å². The van der Waals surface area contributed by atoms with Gasteiger partial charge in [-0.1, -0.05) is 23.7 Å². The fraction of sp³-hybridized carbons (Fsp3) is 0.385. The van der Waals surface area contributed by atoms with Crippen LogP contribution in [0.15, 0.2) is 18.2 Å². The number of hydrogen-bond acceptors (Lipinski definition) is 2. The number of halogens is 1. The number of carbonyl (C=O) groups excluding carboxylic acids is 2. The zero-order valence-electron chi connectivity index (χ0n) is 9.87. The Labute approximate surface area is 105 Å². The van der Waals surface area contributed by atoms with Gasteiger partial charge in [0.25, 0.3) is 0 Å². The number of imide groups is 1. The molecule has 2 amide bonds. The molecule has 0 saturated carbocycles. The molecule has 3 nitrogen and oxygen atoms in total. The number of aryl methyl sites for hydroxylation is 1. The van der Waals surface area contributed by atoms with Crippen molar-refractivity contribution in [3.05, 3.63) is 34.3 Å². The van der Waals surface area contributed by atoms with Gasteiger partial charge >= 0.3 is 0 Å². The minimum Gasteiger partial charge on any atom is -0.275 e. The molecule has 1 atom stereocenters. The highest BCUT2D eigenvalue weighted by molar-refractivity contribution is 6.31. The summed E-state index contributed by atoms with van der Waals surface area (Å²) < 4.78 is 0. The van der Waals surface area contributed by atoms with Gasteiger partial charge in [0.1, 0.15) is 0 Å². The molecule has 17 heavy (non-hydrogen) atoms. The van der Waals surface area contributed by atoms with E-state index in [0.717, 1.165) is 11.1 Å². The number of rotatable bonds is 1. The first-order chi connectivity index (χ1) is 8.00. The zero-order chi connectivity index (χ0) is 12.6. The molecule has 0 aliphatic carbocycles. The summed E-state index contributed by atoms with van der Waals surface area (Å²) in [4.78, 5) is 24.4. The molecule has 0 radical (unpaired) electrons. The van der Waals surface area contributed by atoms with Crippen LogP contribution in [0, 0.1) is 6.92 Å². The third-order valence-electron chi connectivity index (χ3n) is 3.07. The molecule has 1 aliphatic rings. The molecule has 2 rings (SSSR count). The maximum atomic E-state index is 11.6. The second-order valence-corrected chi connectivity index (χ2v) is 4.77. The molecule has 1 heterocycles. The molecular weight excluding hydrogens is 238 g/mol. The van der Waals surface area contributed by atoms with E-state index in [9.17, 15) is 9.59 Å². The molecule has 0 aromatic heterocycles. The molecule has 1 aromatic carbocycles. The van der Waals surface area contributed by atoms with Gasteiger partial charge in [-0.15, -0.1) is 0 Å². The van der Waals surface area contributed by atoms with Crippen LogP contribution in [0.25, 0.3) is 0 Å². The largest absolute Gasteiger partial charge is 0.275 e. The molecule has 1 unspecified atom stereocenters. The summed E-state index contributed by atoms with van der Waals surface area (Å²) in [5, 5.41) is 0.621. The Morgan fingerprint density at radius 2 is 2.18 bits per heavy atom. The number of hydrogen-bond donors (Lipinski definition) is 0. The molecule has 1 aliphatic heterocycles. The number of likely N-dealkylation sites (tertiary alicyclic amines) is 1. The van der Waals surface area contributed by atoms with E-state index in [4.69, 9.17) is 11.6 Å². The molecule has 0 spiro atoms. The lowest BCUT2D eigenvalue weighted by Crippen LogP contribution is -2.32. The highest BCUT2D eigenvalue weighted by Gasteiger charge is 2.35. The topological polar surface area (TPSA) is 37.4 Å². The van der Waals surface area contributed by atoms with Crippen LogP contribution in [0.5, 0.6) is 0 Å². The van der Waals surface area contributed by atoms with Gasteiger partial charge in [0.05, 0.1) is 6.04 Å². The van der Waals surface area contributed by atoms with Crippen LogP contribution in [-0.4, -0.2) is 16.7 Å². The van der Waals surface area contributed by atoms with Crippen molar-refractivity contribution in [1.82, 2.24) is 4.90 Å². The minimum atomic E-state index is -0.214. The van der Waals surface area contributed by atoms with Crippen molar-refractivity contribution in [3.8, 4) is 0 Å². The third-order valence-corrected chi connectivity index (χ3v) is 3.39. The van der Waals surface area contributed by atoms with E-state index in [1.165, 1.54) is 11.8 Å². The average Bonchev–Trinajstić information content (AvgIpc) is 2.60. The van der Waals surface area contributed by atoms with E-state index in [1.54, 1.807) is 0 Å². The summed E-state index contributed by atoms with van der Waals surface area (Å²) in [7, 11) is 0. The minimum absolute atomic E-state index is 0.112. The SMILES string of the molecule is CC(=O)N1C(=O)CCC1c1ccc(C)cc1Cl. The number of amides is 2. The van der Waals surface area contributed by atoms with E-state index in [0.29, 0.717) is 17.9 Å². The maximum Gasteiger partial charge on any atom is 0.229 e. The van der Waals surface area contributed by atoms with Crippen LogP contribution in [-0.2, 0) is 9.59 Å². The number of benzene rings is 1. The van der Waals surface area contributed by atoms with Crippen molar-refractivity contribution in [2.75, 3.05) is 0 Å².